The summed E-state index contributed by atoms with van der Waals surface area (Å²) in [6.07, 6.45) is 8.24. The minimum absolute atomic E-state index is 0.164. The number of nitrogens with zero attached hydrogens (tertiary/aromatic N) is 2. The molecule has 2 atom stereocenters. The first-order valence-corrected chi connectivity index (χ1v) is 9.09. The van der Waals surface area contributed by atoms with Crippen LogP contribution in [0.3, 0.4) is 0 Å². The number of anilines is 1. The van der Waals surface area contributed by atoms with Gasteiger partial charge in [0.2, 0.25) is 0 Å². The average molecular weight is 341 g/mol. The Hall–Kier alpha value is -2.15. The molecule has 0 spiro atoms. The molecule has 4 aliphatic carbocycles. The van der Waals surface area contributed by atoms with Crippen molar-refractivity contribution >= 4 is 22.8 Å². The van der Waals surface area contributed by atoms with Crippen molar-refractivity contribution in [2.45, 2.75) is 43.7 Å². The summed E-state index contributed by atoms with van der Waals surface area (Å²) < 4.78 is 0. The minimum atomic E-state index is -0.460. The van der Waals surface area contributed by atoms with Crippen LogP contribution in [0.4, 0.5) is 5.69 Å². The zero-order chi connectivity index (χ0) is 17.2. The number of carbonyl (C=O) groups excluding carboxylic acids is 1. The number of pyridine rings is 1. The van der Waals surface area contributed by atoms with Crippen molar-refractivity contribution in [3.63, 3.8) is 0 Å². The Morgan fingerprint density at radius 1 is 1.28 bits per heavy atom. The lowest BCUT2D eigenvalue weighted by atomic mass is 9.52. The van der Waals surface area contributed by atoms with Crippen LogP contribution in [0.15, 0.2) is 12.5 Å². The van der Waals surface area contributed by atoms with E-state index in [0.29, 0.717) is 34.5 Å². The van der Waals surface area contributed by atoms with Gasteiger partial charge < -0.3 is 20.7 Å². The highest BCUT2D eigenvalue weighted by Crippen LogP contribution is 2.56. The van der Waals surface area contributed by atoms with Crippen molar-refractivity contribution in [1.29, 1.82) is 0 Å². The van der Waals surface area contributed by atoms with Crippen LogP contribution in [0.1, 0.15) is 42.5 Å². The van der Waals surface area contributed by atoms with E-state index < -0.39 is 5.60 Å². The van der Waals surface area contributed by atoms with Gasteiger partial charge in [0.15, 0.2) is 5.65 Å². The molecule has 4 saturated carbocycles. The summed E-state index contributed by atoms with van der Waals surface area (Å²) in [4.78, 5) is 24.0. The highest BCUT2D eigenvalue weighted by atomic mass is 16.3. The van der Waals surface area contributed by atoms with E-state index in [1.165, 1.54) is 12.8 Å². The van der Waals surface area contributed by atoms with Gasteiger partial charge in [-0.05, 0) is 49.9 Å². The molecule has 7 heteroatoms. The van der Waals surface area contributed by atoms with Crippen molar-refractivity contribution in [3.8, 4) is 0 Å². The highest BCUT2D eigenvalue weighted by Gasteiger charge is 2.54. The van der Waals surface area contributed by atoms with Gasteiger partial charge in [0.05, 0.1) is 23.2 Å². The first-order chi connectivity index (χ1) is 12.1. The van der Waals surface area contributed by atoms with E-state index in [4.69, 9.17) is 0 Å². The summed E-state index contributed by atoms with van der Waals surface area (Å²) in [6, 6.07) is 0.280. The zero-order valence-electron chi connectivity index (χ0n) is 14.2. The lowest BCUT2D eigenvalue weighted by molar-refractivity contribution is -0.129. The molecule has 0 radical (unpaired) electrons. The number of hydrogen-bond donors (Lipinski definition) is 4. The Kier molecular flexibility index (Phi) is 3.13. The monoisotopic (exact) mass is 341 g/mol. The lowest BCUT2D eigenvalue weighted by Gasteiger charge is -2.58. The summed E-state index contributed by atoms with van der Waals surface area (Å²) in [6.45, 7) is 0. The lowest BCUT2D eigenvalue weighted by Crippen LogP contribution is -2.59. The summed E-state index contributed by atoms with van der Waals surface area (Å²) in [5.41, 5.74) is 2.20. The van der Waals surface area contributed by atoms with E-state index in [-0.39, 0.29) is 11.9 Å². The number of carbonyl (C=O) groups is 1. The molecule has 0 aromatic carbocycles. The molecule has 2 aromatic rings. The number of nitrogens with one attached hydrogen (secondary N) is 3. The summed E-state index contributed by atoms with van der Waals surface area (Å²) >= 11 is 0. The van der Waals surface area contributed by atoms with Gasteiger partial charge in [-0.25, -0.2) is 9.97 Å². The molecule has 0 aliphatic heterocycles. The third kappa shape index (κ3) is 2.25. The van der Waals surface area contributed by atoms with E-state index >= 15 is 0 Å². The Morgan fingerprint density at radius 3 is 2.72 bits per heavy atom. The molecular weight excluding hydrogens is 318 g/mol. The van der Waals surface area contributed by atoms with Crippen molar-refractivity contribution in [2.75, 3.05) is 12.4 Å². The van der Waals surface area contributed by atoms with Gasteiger partial charge in [0.25, 0.3) is 5.91 Å². The molecule has 4 aliphatic rings. The molecule has 0 unspecified atom stereocenters. The second-order valence-electron chi connectivity index (χ2n) is 8.09. The molecule has 132 valence electrons. The quantitative estimate of drug-likeness (QED) is 0.680. The first-order valence-electron chi connectivity index (χ1n) is 9.09. The van der Waals surface area contributed by atoms with E-state index in [1.807, 2.05) is 0 Å². The van der Waals surface area contributed by atoms with E-state index in [1.54, 1.807) is 19.6 Å². The van der Waals surface area contributed by atoms with Crippen LogP contribution in [0.25, 0.3) is 11.2 Å². The molecule has 4 fully saturated rings. The first kappa shape index (κ1) is 15.1. The summed E-state index contributed by atoms with van der Waals surface area (Å²) in [7, 11) is 1.62. The van der Waals surface area contributed by atoms with Crippen LogP contribution in [-0.4, -0.2) is 44.7 Å². The number of fused-ring (bicyclic) bond motifs is 1. The summed E-state index contributed by atoms with van der Waals surface area (Å²) in [5, 5.41) is 17.1. The normalized spacial score (nSPS) is 35.9. The Balaban J connectivity index is 1.54. The van der Waals surface area contributed by atoms with Crippen LogP contribution in [0.2, 0.25) is 0 Å². The molecule has 1 amide bonds. The summed E-state index contributed by atoms with van der Waals surface area (Å²) in [5.74, 6) is 1.40. The molecule has 2 heterocycles. The Labute approximate surface area is 145 Å². The maximum atomic E-state index is 12.3. The largest absolute Gasteiger partial charge is 0.390 e. The third-order valence-corrected chi connectivity index (χ3v) is 6.47. The molecular formula is C18H23N5O2. The van der Waals surface area contributed by atoms with Crippen molar-refractivity contribution in [3.05, 3.63) is 18.1 Å². The molecule has 4 bridgehead atoms. The molecule has 2 aromatic heterocycles. The van der Waals surface area contributed by atoms with Gasteiger partial charge >= 0.3 is 0 Å². The SMILES string of the molecule is CNC(=O)c1cnc2[nH]cnc2c1NC1[C@H]2CC3C[C@H]1CC(O)(C3)C2. The van der Waals surface area contributed by atoms with E-state index in [0.717, 1.165) is 24.9 Å². The molecule has 0 saturated heterocycles. The minimum Gasteiger partial charge on any atom is -0.390 e. The Morgan fingerprint density at radius 2 is 2.04 bits per heavy atom. The van der Waals surface area contributed by atoms with Gasteiger partial charge in [-0.15, -0.1) is 0 Å². The van der Waals surface area contributed by atoms with Crippen LogP contribution in [-0.2, 0) is 0 Å². The number of aromatic amines is 1. The second-order valence-corrected chi connectivity index (χ2v) is 8.09. The van der Waals surface area contributed by atoms with Gasteiger partial charge in [0, 0.05) is 19.3 Å². The van der Waals surface area contributed by atoms with E-state index in [9.17, 15) is 9.90 Å². The number of H-pyrrole nitrogens is 1. The number of imidazole rings is 1. The number of aliphatic hydroxyl groups is 1. The predicted octanol–water partition coefficient (Wildman–Crippen LogP) is 1.67. The fourth-order valence-electron chi connectivity index (χ4n) is 5.73. The molecule has 7 nitrogen and oxygen atoms in total. The number of aromatic nitrogens is 3. The van der Waals surface area contributed by atoms with Crippen LogP contribution >= 0.6 is 0 Å². The topological polar surface area (TPSA) is 103 Å². The van der Waals surface area contributed by atoms with Gasteiger partial charge in [-0.2, -0.15) is 0 Å². The number of rotatable bonds is 3. The van der Waals surface area contributed by atoms with E-state index in [2.05, 4.69) is 25.6 Å². The maximum absolute atomic E-state index is 12.3. The fraction of sp³-hybridized carbons (Fsp3) is 0.611. The molecule has 6 rings (SSSR count). The van der Waals surface area contributed by atoms with Crippen LogP contribution in [0.5, 0.6) is 0 Å². The zero-order valence-corrected chi connectivity index (χ0v) is 14.2. The smallest absolute Gasteiger partial charge is 0.254 e. The van der Waals surface area contributed by atoms with Crippen molar-refractivity contribution < 1.29 is 9.90 Å². The van der Waals surface area contributed by atoms with Gasteiger partial charge in [-0.1, -0.05) is 0 Å². The standard InChI is InChI=1S/C18H23N5O2/c1-19-17(24)12-7-20-16-15(21-8-22-16)14(12)23-13-10-2-9-3-11(13)6-18(25,4-9)5-10/h7-11,13,25H,2-6H2,1H3,(H,19,24)(H2,20,21,22,23)/t9?,10-,11-,13?,18?/m0/s1. The molecule has 4 N–H and O–H groups in total. The second kappa shape index (κ2) is 5.17. The van der Waals surface area contributed by atoms with Crippen LogP contribution < -0.4 is 10.6 Å². The van der Waals surface area contributed by atoms with Gasteiger partial charge in [-0.3, -0.25) is 4.79 Å². The average Bonchev–Trinajstić information content (AvgIpc) is 3.04. The predicted molar refractivity (Wildman–Crippen MR) is 93.2 cm³/mol. The highest BCUT2D eigenvalue weighted by molar-refractivity contribution is 6.05. The number of amides is 1. The van der Waals surface area contributed by atoms with Crippen molar-refractivity contribution in [2.24, 2.45) is 17.8 Å². The maximum Gasteiger partial charge on any atom is 0.254 e. The molecule has 25 heavy (non-hydrogen) atoms. The van der Waals surface area contributed by atoms with Crippen molar-refractivity contribution in [1.82, 2.24) is 20.3 Å². The van der Waals surface area contributed by atoms with Crippen LogP contribution in [0, 0.1) is 17.8 Å². The Bertz CT molecular complexity index is 831. The third-order valence-electron chi connectivity index (χ3n) is 6.47. The number of hydrogen-bond acceptors (Lipinski definition) is 5. The fourth-order valence-corrected chi connectivity index (χ4v) is 5.73. The van der Waals surface area contributed by atoms with Gasteiger partial charge in [0.1, 0.15) is 5.52 Å².